The third kappa shape index (κ3) is 2.56. The summed E-state index contributed by atoms with van der Waals surface area (Å²) in [5.41, 5.74) is 1.18. The Labute approximate surface area is 104 Å². The van der Waals surface area contributed by atoms with Crippen molar-refractivity contribution in [3.8, 4) is 5.69 Å². The van der Waals surface area contributed by atoms with Gasteiger partial charge in [-0.25, -0.2) is 9.37 Å². The van der Waals surface area contributed by atoms with Crippen LogP contribution in [0.2, 0.25) is 0 Å². The average Bonchev–Trinajstić information content (AvgIpc) is 2.73. The van der Waals surface area contributed by atoms with Crippen LogP contribution in [0.3, 0.4) is 0 Å². The zero-order chi connectivity index (χ0) is 13.1. The van der Waals surface area contributed by atoms with Crippen molar-refractivity contribution in [2.75, 3.05) is 0 Å². The molecule has 1 aromatic heterocycles. The monoisotopic (exact) mass is 247 g/mol. The molecule has 1 N–H and O–H groups in total. The maximum Gasteiger partial charge on any atom is 0.217 e. The molecule has 0 saturated carbocycles. The Bertz CT molecular complexity index is 577. The summed E-state index contributed by atoms with van der Waals surface area (Å²) in [6, 6.07) is 4.89. The molecule has 0 spiro atoms. The van der Waals surface area contributed by atoms with E-state index in [0.717, 1.165) is 11.4 Å². The molecular formula is C13H14FN3O. The predicted molar refractivity (Wildman–Crippen MR) is 65.8 cm³/mol. The first-order chi connectivity index (χ1) is 8.58. The summed E-state index contributed by atoms with van der Waals surface area (Å²) >= 11 is 0. The highest BCUT2D eigenvalue weighted by Crippen LogP contribution is 2.16. The zero-order valence-electron chi connectivity index (χ0n) is 10.3. The van der Waals surface area contributed by atoms with E-state index < -0.39 is 0 Å². The molecule has 0 aliphatic heterocycles. The second-order valence-corrected chi connectivity index (χ2v) is 4.04. The number of halogens is 1. The molecule has 0 atom stereocenters. The first-order valence-electron chi connectivity index (χ1n) is 5.61. The fourth-order valence-electron chi connectivity index (χ4n) is 1.71. The van der Waals surface area contributed by atoms with Crippen molar-refractivity contribution in [2.45, 2.75) is 20.4 Å². The van der Waals surface area contributed by atoms with Gasteiger partial charge in [0.15, 0.2) is 0 Å². The van der Waals surface area contributed by atoms with Gasteiger partial charge in [-0.1, -0.05) is 6.07 Å². The van der Waals surface area contributed by atoms with E-state index in [-0.39, 0.29) is 11.7 Å². The van der Waals surface area contributed by atoms with Crippen molar-refractivity contribution in [2.24, 2.45) is 0 Å². The number of nitrogens with zero attached hydrogens (tertiary/aromatic N) is 2. The van der Waals surface area contributed by atoms with E-state index in [0.29, 0.717) is 12.2 Å². The van der Waals surface area contributed by atoms with Gasteiger partial charge in [-0.3, -0.25) is 4.79 Å². The molecule has 2 aromatic rings. The number of rotatable bonds is 3. The molecule has 0 aliphatic carbocycles. The molecule has 0 saturated heterocycles. The Kier molecular flexibility index (Phi) is 3.41. The Morgan fingerprint density at radius 2 is 2.28 bits per heavy atom. The maximum absolute atomic E-state index is 14.0. The number of carbonyl (C=O) groups is 1. The van der Waals surface area contributed by atoms with Crippen molar-refractivity contribution < 1.29 is 9.18 Å². The van der Waals surface area contributed by atoms with Gasteiger partial charge in [0.05, 0.1) is 5.69 Å². The third-order valence-corrected chi connectivity index (χ3v) is 2.64. The summed E-state index contributed by atoms with van der Waals surface area (Å²) in [5, 5.41) is 2.63. The van der Waals surface area contributed by atoms with Crippen LogP contribution < -0.4 is 5.32 Å². The molecule has 18 heavy (non-hydrogen) atoms. The minimum Gasteiger partial charge on any atom is -0.352 e. The van der Waals surface area contributed by atoms with Gasteiger partial charge in [0, 0.05) is 25.9 Å². The zero-order valence-corrected chi connectivity index (χ0v) is 10.3. The van der Waals surface area contributed by atoms with Crippen molar-refractivity contribution in [3.63, 3.8) is 0 Å². The summed E-state index contributed by atoms with van der Waals surface area (Å²) in [6.45, 7) is 3.57. The van der Waals surface area contributed by atoms with Gasteiger partial charge >= 0.3 is 0 Å². The quantitative estimate of drug-likeness (QED) is 0.901. The smallest absolute Gasteiger partial charge is 0.217 e. The number of aryl methyl sites for hydroxylation is 1. The van der Waals surface area contributed by atoms with Crippen molar-refractivity contribution in [3.05, 3.63) is 47.8 Å². The van der Waals surface area contributed by atoms with E-state index in [1.807, 2.05) is 6.92 Å². The fraction of sp³-hybridized carbons (Fsp3) is 0.231. The topological polar surface area (TPSA) is 46.9 Å². The lowest BCUT2D eigenvalue weighted by Crippen LogP contribution is -2.19. The molecule has 5 heteroatoms. The van der Waals surface area contributed by atoms with E-state index >= 15 is 0 Å². The Morgan fingerprint density at radius 1 is 1.50 bits per heavy atom. The van der Waals surface area contributed by atoms with Gasteiger partial charge in [-0.05, 0) is 24.6 Å². The number of benzene rings is 1. The molecule has 0 aliphatic rings. The van der Waals surface area contributed by atoms with Crippen molar-refractivity contribution in [1.29, 1.82) is 0 Å². The highest BCUT2D eigenvalue weighted by atomic mass is 19.1. The van der Waals surface area contributed by atoms with E-state index in [1.54, 1.807) is 29.1 Å². The van der Waals surface area contributed by atoms with Crippen LogP contribution in [0.4, 0.5) is 4.39 Å². The molecule has 1 amide bonds. The number of imidazole rings is 1. The van der Waals surface area contributed by atoms with Crippen LogP contribution in [0.1, 0.15) is 18.3 Å². The summed E-state index contributed by atoms with van der Waals surface area (Å²) in [7, 11) is 0. The summed E-state index contributed by atoms with van der Waals surface area (Å²) in [4.78, 5) is 14.8. The van der Waals surface area contributed by atoms with Crippen molar-refractivity contribution in [1.82, 2.24) is 14.9 Å². The molecule has 94 valence electrons. The van der Waals surface area contributed by atoms with Crippen LogP contribution in [0.5, 0.6) is 0 Å². The average molecular weight is 247 g/mol. The first kappa shape index (κ1) is 12.3. The number of hydrogen-bond donors (Lipinski definition) is 1. The molecule has 4 nitrogen and oxygen atoms in total. The Morgan fingerprint density at radius 3 is 2.83 bits per heavy atom. The van der Waals surface area contributed by atoms with Crippen molar-refractivity contribution >= 4 is 5.91 Å². The van der Waals surface area contributed by atoms with Crippen LogP contribution in [-0.2, 0) is 11.3 Å². The molecule has 1 heterocycles. The van der Waals surface area contributed by atoms with Crippen LogP contribution in [0.15, 0.2) is 30.6 Å². The van der Waals surface area contributed by atoms with Gasteiger partial charge in [-0.15, -0.1) is 0 Å². The summed E-state index contributed by atoms with van der Waals surface area (Å²) in [6.07, 6.45) is 3.33. The highest BCUT2D eigenvalue weighted by Gasteiger charge is 2.07. The maximum atomic E-state index is 14.0. The van der Waals surface area contributed by atoms with Gasteiger partial charge in [0.25, 0.3) is 0 Å². The Balaban J connectivity index is 2.26. The molecular weight excluding hydrogens is 233 g/mol. The normalized spacial score (nSPS) is 10.4. The molecule has 0 radical (unpaired) electrons. The van der Waals surface area contributed by atoms with Gasteiger partial charge < -0.3 is 9.88 Å². The molecule has 2 rings (SSSR count). The predicted octanol–water partition coefficient (Wildman–Crippen LogP) is 1.96. The molecule has 0 bridgehead atoms. The summed E-state index contributed by atoms with van der Waals surface area (Å²) in [5.74, 6) is 0.257. The standard InChI is InChI=1S/C13H14FN3O/c1-9-15-5-6-17(9)13-4-3-11(7-12(13)14)8-16-10(2)18/h3-7H,8H2,1-2H3,(H,16,18). The lowest BCUT2D eigenvalue weighted by atomic mass is 10.2. The number of aromatic nitrogens is 2. The van der Waals surface area contributed by atoms with Gasteiger partial charge in [0.1, 0.15) is 11.6 Å². The number of amides is 1. The van der Waals surface area contributed by atoms with E-state index in [9.17, 15) is 9.18 Å². The number of nitrogens with one attached hydrogen (secondary N) is 1. The first-order valence-corrected chi connectivity index (χ1v) is 5.61. The largest absolute Gasteiger partial charge is 0.352 e. The number of hydrogen-bond acceptors (Lipinski definition) is 2. The van der Waals surface area contributed by atoms with E-state index in [1.165, 1.54) is 13.0 Å². The third-order valence-electron chi connectivity index (χ3n) is 2.64. The van der Waals surface area contributed by atoms with Crippen LogP contribution >= 0.6 is 0 Å². The van der Waals surface area contributed by atoms with Crippen LogP contribution in [0, 0.1) is 12.7 Å². The highest BCUT2D eigenvalue weighted by molar-refractivity contribution is 5.72. The lowest BCUT2D eigenvalue weighted by molar-refractivity contribution is -0.119. The minimum absolute atomic E-state index is 0.134. The summed E-state index contributed by atoms with van der Waals surface area (Å²) < 4.78 is 15.6. The second-order valence-electron chi connectivity index (χ2n) is 4.04. The van der Waals surface area contributed by atoms with Crippen LogP contribution in [0.25, 0.3) is 5.69 Å². The van der Waals surface area contributed by atoms with E-state index in [2.05, 4.69) is 10.3 Å². The lowest BCUT2D eigenvalue weighted by Gasteiger charge is -2.09. The fourth-order valence-corrected chi connectivity index (χ4v) is 1.71. The Hall–Kier alpha value is -2.17. The molecule has 1 aromatic carbocycles. The second kappa shape index (κ2) is 5.00. The minimum atomic E-state index is -0.334. The molecule has 0 fully saturated rings. The molecule has 0 unspecified atom stereocenters. The van der Waals surface area contributed by atoms with Gasteiger partial charge in [-0.2, -0.15) is 0 Å². The van der Waals surface area contributed by atoms with Gasteiger partial charge in [0.2, 0.25) is 5.91 Å². The van der Waals surface area contributed by atoms with Crippen LogP contribution in [-0.4, -0.2) is 15.5 Å². The van der Waals surface area contributed by atoms with E-state index in [4.69, 9.17) is 0 Å². The number of carbonyl (C=O) groups excluding carboxylic acids is 1. The SMILES string of the molecule is CC(=O)NCc1ccc(-n2ccnc2C)c(F)c1.